The zero-order valence-corrected chi connectivity index (χ0v) is 17.2. The number of hydrogen-bond donors (Lipinski definition) is 1. The fourth-order valence-electron chi connectivity index (χ4n) is 5.53. The number of rotatable bonds is 3. The Morgan fingerprint density at radius 3 is 2.25 bits per heavy atom. The van der Waals surface area contributed by atoms with Crippen LogP contribution < -0.4 is 0 Å². The molecular weight excluding hydrogens is 368 g/mol. The van der Waals surface area contributed by atoms with Crippen molar-refractivity contribution in [2.45, 2.75) is 63.5 Å². The first-order chi connectivity index (χ1) is 13.4. The van der Waals surface area contributed by atoms with E-state index in [1.165, 1.54) is 0 Å². The highest BCUT2D eigenvalue weighted by atomic mass is 19.3. The molecule has 162 valence electrons. The molecule has 1 aliphatic carbocycles. The third-order valence-corrected chi connectivity index (χ3v) is 7.03. The van der Waals surface area contributed by atoms with Gasteiger partial charge in [0.2, 0.25) is 0 Å². The maximum atomic E-state index is 13.4. The van der Waals surface area contributed by atoms with Gasteiger partial charge in [0.25, 0.3) is 5.92 Å². The molecule has 0 atom stereocenters. The van der Waals surface area contributed by atoms with Gasteiger partial charge in [-0.1, -0.05) is 0 Å². The van der Waals surface area contributed by atoms with Crippen molar-refractivity contribution in [1.82, 2.24) is 14.7 Å². The molecule has 1 spiro atoms. The summed E-state index contributed by atoms with van der Waals surface area (Å²) in [5.41, 5.74) is 0.297. The second-order valence-electron chi connectivity index (χ2n) is 8.78. The van der Waals surface area contributed by atoms with Crippen LogP contribution >= 0.6 is 0 Å². The van der Waals surface area contributed by atoms with E-state index >= 15 is 0 Å². The predicted molar refractivity (Wildman–Crippen MR) is 103 cm³/mol. The molecule has 0 aromatic rings. The molecule has 4 rings (SSSR count). The van der Waals surface area contributed by atoms with Crippen molar-refractivity contribution in [3.63, 3.8) is 0 Å². The van der Waals surface area contributed by atoms with Crippen molar-refractivity contribution in [2.24, 2.45) is 5.41 Å². The monoisotopic (exact) mass is 403 g/mol. The summed E-state index contributed by atoms with van der Waals surface area (Å²) in [4.78, 5) is 18.3. The van der Waals surface area contributed by atoms with Gasteiger partial charge in [-0.15, -0.1) is 0 Å². The van der Waals surface area contributed by atoms with Crippen molar-refractivity contribution in [3.8, 4) is 0 Å². The van der Waals surface area contributed by atoms with Crippen molar-refractivity contribution < 1.29 is 23.4 Å². The SMILES string of the molecule is CCOC(=O)N1CCC2(CC(N3CCC(N4CCC(F)(F)C4)CC3)C2)C1.CO. The van der Waals surface area contributed by atoms with Gasteiger partial charge in [-0.05, 0) is 57.5 Å². The average molecular weight is 404 g/mol. The van der Waals surface area contributed by atoms with E-state index in [0.29, 0.717) is 30.7 Å². The third-order valence-electron chi connectivity index (χ3n) is 7.03. The van der Waals surface area contributed by atoms with Crippen molar-refractivity contribution in [1.29, 1.82) is 0 Å². The quantitative estimate of drug-likeness (QED) is 0.784. The third kappa shape index (κ3) is 4.60. The summed E-state index contributed by atoms with van der Waals surface area (Å²) < 4.78 is 32.0. The van der Waals surface area contributed by atoms with E-state index in [1.807, 2.05) is 16.7 Å². The van der Waals surface area contributed by atoms with Crippen LogP contribution in [0.5, 0.6) is 0 Å². The van der Waals surface area contributed by atoms with Crippen LogP contribution in [0.3, 0.4) is 0 Å². The fraction of sp³-hybridized carbons (Fsp3) is 0.950. The standard InChI is InChI=1S/C19H31F2N3O2.CH4O/c1-2-26-17(25)24-9-5-18(13-24)11-16(12-18)22-7-3-15(4-8-22)23-10-6-19(20,21)14-23;1-2/h15-16H,2-14H2,1H3;2H,1H3. The average Bonchev–Trinajstić information content (AvgIpc) is 3.27. The Morgan fingerprint density at radius 2 is 1.68 bits per heavy atom. The van der Waals surface area contributed by atoms with Crippen LogP contribution in [0.2, 0.25) is 0 Å². The predicted octanol–water partition coefficient (Wildman–Crippen LogP) is 2.41. The van der Waals surface area contributed by atoms with Gasteiger partial charge in [-0.25, -0.2) is 13.6 Å². The van der Waals surface area contributed by atoms with Crippen LogP contribution in [0.25, 0.3) is 0 Å². The molecule has 0 aromatic carbocycles. The fourth-order valence-corrected chi connectivity index (χ4v) is 5.53. The number of aliphatic hydroxyl groups is 1. The highest BCUT2D eigenvalue weighted by Crippen LogP contribution is 2.50. The molecule has 4 fully saturated rings. The number of carbonyl (C=O) groups is 1. The maximum absolute atomic E-state index is 13.4. The molecule has 8 heteroatoms. The number of likely N-dealkylation sites (tertiary alicyclic amines) is 3. The lowest BCUT2D eigenvalue weighted by Crippen LogP contribution is -2.56. The van der Waals surface area contributed by atoms with E-state index in [1.54, 1.807) is 0 Å². The summed E-state index contributed by atoms with van der Waals surface area (Å²) in [5, 5.41) is 7.00. The summed E-state index contributed by atoms with van der Waals surface area (Å²) in [6.07, 6.45) is 5.28. The van der Waals surface area contributed by atoms with Crippen LogP contribution in [-0.2, 0) is 4.74 Å². The minimum atomic E-state index is -2.48. The molecule has 0 aromatic heterocycles. The Kier molecular flexibility index (Phi) is 6.82. The maximum Gasteiger partial charge on any atom is 0.409 e. The van der Waals surface area contributed by atoms with E-state index in [-0.39, 0.29) is 19.1 Å². The summed E-state index contributed by atoms with van der Waals surface area (Å²) in [6.45, 7) is 6.48. The number of amides is 1. The van der Waals surface area contributed by atoms with Crippen LogP contribution in [0, 0.1) is 5.41 Å². The summed E-state index contributed by atoms with van der Waals surface area (Å²) in [6, 6.07) is 0.942. The van der Waals surface area contributed by atoms with Crippen molar-refractivity contribution in [2.75, 3.05) is 53.0 Å². The summed E-state index contributed by atoms with van der Waals surface area (Å²) in [7, 11) is 1.00. The molecule has 3 heterocycles. The van der Waals surface area contributed by atoms with Gasteiger partial charge in [0, 0.05) is 45.2 Å². The van der Waals surface area contributed by atoms with Gasteiger partial charge >= 0.3 is 6.09 Å². The lowest BCUT2D eigenvalue weighted by atomic mass is 9.64. The minimum absolute atomic E-state index is 0.0231. The molecule has 0 unspecified atom stereocenters. The highest BCUT2D eigenvalue weighted by Gasteiger charge is 2.51. The van der Waals surface area contributed by atoms with Crippen LogP contribution in [-0.4, -0.2) is 96.9 Å². The zero-order valence-electron chi connectivity index (χ0n) is 17.2. The normalized spacial score (nSPS) is 33.5. The second kappa shape index (κ2) is 8.79. The second-order valence-corrected chi connectivity index (χ2v) is 8.78. The smallest absolute Gasteiger partial charge is 0.409 e. The molecule has 1 saturated carbocycles. The molecule has 0 radical (unpaired) electrons. The summed E-state index contributed by atoms with van der Waals surface area (Å²) in [5.74, 6) is -2.48. The number of aliphatic hydroxyl groups excluding tert-OH is 1. The molecule has 6 nitrogen and oxygen atoms in total. The molecule has 4 aliphatic rings. The Balaban J connectivity index is 0.00000109. The molecule has 3 aliphatic heterocycles. The van der Waals surface area contributed by atoms with Gasteiger partial charge < -0.3 is 19.6 Å². The van der Waals surface area contributed by atoms with E-state index in [4.69, 9.17) is 9.84 Å². The summed E-state index contributed by atoms with van der Waals surface area (Å²) >= 11 is 0. The van der Waals surface area contributed by atoms with Crippen molar-refractivity contribution >= 4 is 6.09 Å². The molecule has 0 bridgehead atoms. The van der Waals surface area contributed by atoms with E-state index in [0.717, 1.165) is 65.4 Å². The van der Waals surface area contributed by atoms with Gasteiger partial charge in [0.1, 0.15) is 0 Å². The zero-order chi connectivity index (χ0) is 20.4. The Hall–Kier alpha value is -0.990. The Bertz CT molecular complexity index is 535. The van der Waals surface area contributed by atoms with Crippen LogP contribution in [0.4, 0.5) is 13.6 Å². The number of piperidine rings is 1. The Morgan fingerprint density at radius 1 is 1.00 bits per heavy atom. The first-order valence-corrected chi connectivity index (χ1v) is 10.6. The number of nitrogens with zero attached hydrogens (tertiary/aromatic N) is 3. The number of alkyl halides is 2. The number of hydrogen-bond acceptors (Lipinski definition) is 5. The minimum Gasteiger partial charge on any atom is -0.450 e. The lowest BCUT2D eigenvalue weighted by molar-refractivity contribution is -0.0225. The largest absolute Gasteiger partial charge is 0.450 e. The lowest BCUT2D eigenvalue weighted by Gasteiger charge is -2.52. The highest BCUT2D eigenvalue weighted by molar-refractivity contribution is 5.68. The van der Waals surface area contributed by atoms with E-state index < -0.39 is 5.92 Å². The van der Waals surface area contributed by atoms with Gasteiger partial charge in [0.15, 0.2) is 0 Å². The number of carbonyl (C=O) groups excluding carboxylic acids is 1. The van der Waals surface area contributed by atoms with Gasteiger partial charge in [-0.3, -0.25) is 4.90 Å². The molecular formula is C20H35F2N3O3. The van der Waals surface area contributed by atoms with Crippen molar-refractivity contribution in [3.05, 3.63) is 0 Å². The first kappa shape index (κ1) is 21.7. The van der Waals surface area contributed by atoms with Gasteiger partial charge in [0.05, 0.1) is 13.2 Å². The van der Waals surface area contributed by atoms with E-state index in [2.05, 4.69) is 4.90 Å². The molecule has 1 amide bonds. The number of ether oxygens (including phenoxy) is 1. The molecule has 28 heavy (non-hydrogen) atoms. The Labute approximate surface area is 166 Å². The van der Waals surface area contributed by atoms with E-state index in [9.17, 15) is 13.6 Å². The topological polar surface area (TPSA) is 56.2 Å². The van der Waals surface area contributed by atoms with Gasteiger partial charge in [-0.2, -0.15) is 0 Å². The first-order valence-electron chi connectivity index (χ1n) is 10.6. The number of halogens is 2. The van der Waals surface area contributed by atoms with Crippen LogP contribution in [0.15, 0.2) is 0 Å². The molecule has 3 saturated heterocycles. The van der Waals surface area contributed by atoms with Crippen LogP contribution in [0.1, 0.15) is 45.4 Å². The molecule has 1 N–H and O–H groups in total.